The molecule has 7 heteroatoms. The highest BCUT2D eigenvalue weighted by molar-refractivity contribution is 9.10. The van der Waals surface area contributed by atoms with Crippen molar-refractivity contribution in [2.75, 3.05) is 7.11 Å². The van der Waals surface area contributed by atoms with E-state index in [0.29, 0.717) is 23.0 Å². The summed E-state index contributed by atoms with van der Waals surface area (Å²) >= 11 is 3.31. The molecule has 0 bridgehead atoms. The third kappa shape index (κ3) is 3.62. The summed E-state index contributed by atoms with van der Waals surface area (Å²) < 4.78 is 16.7. The maximum atomic E-state index is 11.1. The molecule has 0 amide bonds. The molecule has 0 saturated carbocycles. The second-order valence-electron chi connectivity index (χ2n) is 4.83. The third-order valence-corrected chi connectivity index (χ3v) is 3.76. The Kier molecular flexibility index (Phi) is 4.90. The Morgan fingerprint density at radius 3 is 2.71 bits per heavy atom. The molecule has 0 spiro atoms. The lowest BCUT2D eigenvalue weighted by Crippen LogP contribution is -1.98. The van der Waals surface area contributed by atoms with Crippen LogP contribution < -0.4 is 9.47 Å². The van der Waals surface area contributed by atoms with Gasteiger partial charge in [0.1, 0.15) is 11.5 Å². The molecule has 6 nitrogen and oxygen atoms in total. The minimum absolute atomic E-state index is 0.0750. The molecule has 0 atom stereocenters. The normalized spacial score (nSPS) is 10.4. The van der Waals surface area contributed by atoms with E-state index in [1.54, 1.807) is 25.3 Å². The zero-order chi connectivity index (χ0) is 16.9. The van der Waals surface area contributed by atoms with Crippen molar-refractivity contribution in [3.8, 4) is 22.9 Å². The summed E-state index contributed by atoms with van der Waals surface area (Å²) in [6, 6.07) is 12.5. The summed E-state index contributed by atoms with van der Waals surface area (Å²) in [5, 5.41) is 3.93. The van der Waals surface area contributed by atoms with Gasteiger partial charge in [-0.25, -0.2) is 0 Å². The molecule has 0 aliphatic rings. The number of carbonyl (C=O) groups excluding carboxylic acids is 1. The van der Waals surface area contributed by atoms with Crippen LogP contribution in [0.3, 0.4) is 0 Å². The van der Waals surface area contributed by atoms with Gasteiger partial charge in [-0.15, -0.1) is 0 Å². The molecule has 1 heterocycles. The number of hydrogen-bond acceptors (Lipinski definition) is 6. The maximum absolute atomic E-state index is 11.1. The van der Waals surface area contributed by atoms with Crippen molar-refractivity contribution in [3.63, 3.8) is 0 Å². The van der Waals surface area contributed by atoms with Crippen LogP contribution in [0.2, 0.25) is 0 Å². The molecule has 2 aromatic carbocycles. The summed E-state index contributed by atoms with van der Waals surface area (Å²) in [5.41, 5.74) is 1.25. The minimum Gasteiger partial charge on any atom is -0.497 e. The predicted molar refractivity (Wildman–Crippen MR) is 90.1 cm³/mol. The van der Waals surface area contributed by atoms with E-state index in [9.17, 15) is 4.79 Å². The van der Waals surface area contributed by atoms with Crippen LogP contribution in [0.15, 0.2) is 51.5 Å². The van der Waals surface area contributed by atoms with E-state index in [1.807, 2.05) is 24.3 Å². The fourth-order valence-electron chi connectivity index (χ4n) is 2.05. The van der Waals surface area contributed by atoms with Gasteiger partial charge in [-0.3, -0.25) is 4.79 Å². The molecular weight excluding hydrogens is 376 g/mol. The number of halogens is 1. The Morgan fingerprint density at radius 2 is 2.00 bits per heavy atom. The van der Waals surface area contributed by atoms with E-state index in [2.05, 4.69) is 26.1 Å². The van der Waals surface area contributed by atoms with Gasteiger partial charge >= 0.3 is 0 Å². The molecule has 0 N–H and O–H groups in total. The van der Waals surface area contributed by atoms with Gasteiger partial charge in [0.2, 0.25) is 5.82 Å². The van der Waals surface area contributed by atoms with Crippen molar-refractivity contribution in [3.05, 3.63) is 58.4 Å². The van der Waals surface area contributed by atoms with Crippen LogP contribution in [0.1, 0.15) is 16.2 Å². The first-order valence-electron chi connectivity index (χ1n) is 7.04. The predicted octanol–water partition coefficient (Wildman–Crippen LogP) is 3.90. The van der Waals surface area contributed by atoms with Gasteiger partial charge in [0.15, 0.2) is 12.9 Å². The number of ether oxygens (including phenoxy) is 2. The van der Waals surface area contributed by atoms with Crippen LogP contribution in [0, 0.1) is 0 Å². The van der Waals surface area contributed by atoms with Crippen molar-refractivity contribution in [2.45, 2.75) is 6.61 Å². The van der Waals surface area contributed by atoms with Gasteiger partial charge in [-0.05, 0) is 42.5 Å². The van der Waals surface area contributed by atoms with Crippen molar-refractivity contribution in [1.29, 1.82) is 0 Å². The third-order valence-electron chi connectivity index (χ3n) is 3.27. The molecule has 0 saturated heterocycles. The number of aromatic nitrogens is 2. The van der Waals surface area contributed by atoms with E-state index in [-0.39, 0.29) is 6.61 Å². The van der Waals surface area contributed by atoms with Crippen LogP contribution in [0.4, 0.5) is 0 Å². The lowest BCUT2D eigenvalue weighted by atomic mass is 10.2. The van der Waals surface area contributed by atoms with Crippen molar-refractivity contribution >= 4 is 22.2 Å². The minimum atomic E-state index is 0.0750. The number of benzene rings is 2. The smallest absolute Gasteiger partial charge is 0.264 e. The Morgan fingerprint density at radius 1 is 1.21 bits per heavy atom. The Labute approximate surface area is 146 Å². The second-order valence-corrected chi connectivity index (χ2v) is 5.74. The zero-order valence-corrected chi connectivity index (χ0v) is 14.3. The van der Waals surface area contributed by atoms with E-state index in [4.69, 9.17) is 14.0 Å². The monoisotopic (exact) mass is 388 g/mol. The van der Waals surface area contributed by atoms with Crippen LogP contribution in [0.5, 0.6) is 11.5 Å². The van der Waals surface area contributed by atoms with Gasteiger partial charge in [0, 0.05) is 10.0 Å². The van der Waals surface area contributed by atoms with Crippen LogP contribution in [-0.4, -0.2) is 23.5 Å². The average molecular weight is 389 g/mol. The lowest BCUT2D eigenvalue weighted by molar-refractivity contribution is 0.111. The van der Waals surface area contributed by atoms with Crippen LogP contribution in [-0.2, 0) is 6.61 Å². The van der Waals surface area contributed by atoms with Gasteiger partial charge < -0.3 is 14.0 Å². The van der Waals surface area contributed by atoms with Gasteiger partial charge in [-0.2, -0.15) is 4.98 Å². The summed E-state index contributed by atoms with van der Waals surface area (Å²) in [4.78, 5) is 15.4. The molecule has 0 fully saturated rings. The molecule has 3 aromatic rings. The average Bonchev–Trinajstić information content (AvgIpc) is 3.09. The number of carbonyl (C=O) groups is 1. The van der Waals surface area contributed by atoms with E-state index in [0.717, 1.165) is 22.1 Å². The fraction of sp³-hybridized carbons (Fsp3) is 0.118. The summed E-state index contributed by atoms with van der Waals surface area (Å²) in [6.45, 7) is 0.0750. The number of rotatable bonds is 6. The molecule has 0 aliphatic heterocycles. The highest BCUT2D eigenvalue weighted by atomic mass is 79.9. The van der Waals surface area contributed by atoms with Gasteiger partial charge in [-0.1, -0.05) is 21.1 Å². The zero-order valence-electron chi connectivity index (χ0n) is 12.7. The number of hydrogen-bond donors (Lipinski definition) is 0. The molecule has 1 aromatic heterocycles. The maximum Gasteiger partial charge on any atom is 0.264 e. The molecular formula is C17H13BrN2O4. The molecule has 0 aliphatic carbocycles. The highest BCUT2D eigenvalue weighted by Crippen LogP contribution is 2.23. The number of aldehydes is 1. The van der Waals surface area contributed by atoms with Crippen LogP contribution in [0.25, 0.3) is 11.4 Å². The molecule has 24 heavy (non-hydrogen) atoms. The summed E-state index contributed by atoms with van der Waals surface area (Å²) in [6.07, 6.45) is 0.733. The standard InChI is InChI=1S/C17H13BrN2O4/c1-22-14-5-2-11(3-6-14)17-19-16(24-20-17)10-23-15-7-4-13(18)8-12(15)9-21/h2-9H,10H2,1H3. The second kappa shape index (κ2) is 7.27. The molecule has 3 rings (SSSR count). The number of methoxy groups -OCH3 is 1. The van der Waals surface area contributed by atoms with Crippen molar-refractivity contribution in [2.24, 2.45) is 0 Å². The van der Waals surface area contributed by atoms with Crippen molar-refractivity contribution < 1.29 is 18.8 Å². The van der Waals surface area contributed by atoms with E-state index >= 15 is 0 Å². The first kappa shape index (κ1) is 16.2. The SMILES string of the molecule is COc1ccc(-c2noc(COc3ccc(Br)cc3C=O)n2)cc1. The first-order valence-corrected chi connectivity index (χ1v) is 7.83. The Hall–Kier alpha value is -2.67. The first-order chi connectivity index (χ1) is 11.7. The summed E-state index contributed by atoms with van der Waals surface area (Å²) in [7, 11) is 1.61. The van der Waals surface area contributed by atoms with Crippen LogP contribution >= 0.6 is 15.9 Å². The molecule has 0 unspecified atom stereocenters. The number of nitrogens with zero attached hydrogens (tertiary/aromatic N) is 2. The van der Waals surface area contributed by atoms with Crippen molar-refractivity contribution in [1.82, 2.24) is 10.1 Å². The largest absolute Gasteiger partial charge is 0.497 e. The highest BCUT2D eigenvalue weighted by Gasteiger charge is 2.11. The van der Waals surface area contributed by atoms with E-state index in [1.165, 1.54) is 0 Å². The Bertz CT molecular complexity index is 846. The van der Waals surface area contributed by atoms with Gasteiger partial charge in [0.05, 0.1) is 12.7 Å². The van der Waals surface area contributed by atoms with Gasteiger partial charge in [0.25, 0.3) is 5.89 Å². The topological polar surface area (TPSA) is 74.5 Å². The Balaban J connectivity index is 1.71. The molecule has 122 valence electrons. The fourth-order valence-corrected chi connectivity index (χ4v) is 2.43. The lowest BCUT2D eigenvalue weighted by Gasteiger charge is -2.06. The van der Waals surface area contributed by atoms with E-state index < -0.39 is 0 Å². The quantitative estimate of drug-likeness (QED) is 0.596. The molecule has 0 radical (unpaired) electrons. The summed E-state index contributed by atoms with van der Waals surface area (Å²) in [5.74, 6) is 1.99.